The number of carboxylic acid groups (broad SMARTS) is 1. The fourth-order valence-corrected chi connectivity index (χ4v) is 4.15. The van der Waals surface area contributed by atoms with Crippen LogP contribution in [0.25, 0.3) is 11.6 Å². The molecule has 23 heavy (non-hydrogen) atoms. The van der Waals surface area contributed by atoms with Gasteiger partial charge in [-0.1, -0.05) is 36.4 Å². The normalized spacial score (nSPS) is 22.2. The molecular formula is C21H20O2. The van der Waals surface area contributed by atoms with Crippen LogP contribution in [-0.4, -0.2) is 11.1 Å². The zero-order chi connectivity index (χ0) is 16.0. The first kappa shape index (κ1) is 14.3. The molecule has 1 N–H and O–H groups in total. The molecule has 2 aromatic carbocycles. The minimum Gasteiger partial charge on any atom is -0.478 e. The molecule has 1 fully saturated rings. The molecule has 2 atom stereocenters. The van der Waals surface area contributed by atoms with Gasteiger partial charge in [-0.2, -0.15) is 0 Å². The summed E-state index contributed by atoms with van der Waals surface area (Å²) < 4.78 is 0. The van der Waals surface area contributed by atoms with Crippen molar-refractivity contribution >= 4 is 17.6 Å². The molecule has 116 valence electrons. The number of hydrogen-bond acceptors (Lipinski definition) is 1. The topological polar surface area (TPSA) is 37.3 Å². The Morgan fingerprint density at radius 1 is 1.00 bits per heavy atom. The van der Waals surface area contributed by atoms with E-state index >= 15 is 0 Å². The van der Waals surface area contributed by atoms with Crippen molar-refractivity contribution in [2.24, 2.45) is 0 Å². The van der Waals surface area contributed by atoms with Crippen molar-refractivity contribution in [2.75, 3.05) is 0 Å². The number of allylic oxidation sites excluding steroid dienone is 1. The lowest BCUT2D eigenvalue weighted by Crippen LogP contribution is -1.98. The van der Waals surface area contributed by atoms with Crippen LogP contribution in [0.5, 0.6) is 0 Å². The Hall–Kier alpha value is -2.35. The maximum absolute atomic E-state index is 10.9. The highest BCUT2D eigenvalue weighted by Gasteiger charge is 2.36. The maximum Gasteiger partial charge on any atom is 0.335 e. The lowest BCUT2D eigenvalue weighted by molar-refractivity contribution is 0.0697. The first-order chi connectivity index (χ1) is 11.1. The molecule has 4 rings (SSSR count). The van der Waals surface area contributed by atoms with Crippen molar-refractivity contribution in [3.05, 3.63) is 70.3 Å². The van der Waals surface area contributed by atoms with E-state index in [0.717, 1.165) is 17.4 Å². The van der Waals surface area contributed by atoms with Crippen LogP contribution in [0, 0.1) is 0 Å². The molecule has 2 unspecified atom stereocenters. The van der Waals surface area contributed by atoms with Crippen molar-refractivity contribution in [2.45, 2.75) is 38.0 Å². The zero-order valence-electron chi connectivity index (χ0n) is 13.3. The molecule has 2 aliphatic carbocycles. The molecule has 0 aliphatic heterocycles. The molecule has 0 aromatic heterocycles. The fourth-order valence-electron chi connectivity index (χ4n) is 4.15. The van der Waals surface area contributed by atoms with Crippen molar-refractivity contribution in [3.63, 3.8) is 0 Å². The molecular weight excluding hydrogens is 284 g/mol. The highest BCUT2D eigenvalue weighted by atomic mass is 16.4. The van der Waals surface area contributed by atoms with Gasteiger partial charge in [-0.05, 0) is 78.0 Å². The molecule has 0 saturated heterocycles. The second kappa shape index (κ2) is 5.38. The average Bonchev–Trinajstić information content (AvgIpc) is 3.17. The summed E-state index contributed by atoms with van der Waals surface area (Å²) in [5, 5.41) is 8.96. The number of benzene rings is 2. The number of hydrogen-bond donors (Lipinski definition) is 1. The Balaban J connectivity index is 1.63. The second-order valence-corrected chi connectivity index (χ2v) is 6.81. The molecule has 2 aliphatic rings. The third-order valence-electron chi connectivity index (χ3n) is 5.40. The Morgan fingerprint density at radius 3 is 2.35 bits per heavy atom. The second-order valence-electron chi connectivity index (χ2n) is 6.81. The molecule has 0 heterocycles. The molecule has 0 amide bonds. The minimum atomic E-state index is -0.883. The third kappa shape index (κ3) is 2.48. The predicted octanol–water partition coefficient (Wildman–Crippen LogP) is 5.31. The molecule has 1 saturated carbocycles. The summed E-state index contributed by atoms with van der Waals surface area (Å²) in [6.45, 7) is 2.13. The van der Waals surface area contributed by atoms with Crippen LogP contribution >= 0.6 is 0 Å². The van der Waals surface area contributed by atoms with Crippen molar-refractivity contribution in [1.82, 2.24) is 0 Å². The van der Waals surface area contributed by atoms with Gasteiger partial charge in [0, 0.05) is 0 Å². The summed E-state index contributed by atoms with van der Waals surface area (Å²) in [4.78, 5) is 10.9. The van der Waals surface area contributed by atoms with Crippen molar-refractivity contribution in [1.29, 1.82) is 0 Å². The van der Waals surface area contributed by atoms with Gasteiger partial charge in [0.1, 0.15) is 0 Å². The third-order valence-corrected chi connectivity index (χ3v) is 5.40. The Labute approximate surface area is 136 Å². The SMILES string of the molecule is C/C(=C\c1ccc(C(=O)O)cc1)c1ccc2c(c1)C1CCC2C1. The lowest BCUT2D eigenvalue weighted by Gasteiger charge is -2.16. The van der Waals surface area contributed by atoms with E-state index in [-0.39, 0.29) is 0 Å². The first-order valence-electron chi connectivity index (χ1n) is 8.27. The number of rotatable bonds is 3. The number of aromatic carboxylic acids is 1. The van der Waals surface area contributed by atoms with E-state index in [4.69, 9.17) is 5.11 Å². The van der Waals surface area contributed by atoms with Gasteiger partial charge in [0.2, 0.25) is 0 Å². The van der Waals surface area contributed by atoms with E-state index in [9.17, 15) is 4.79 Å². The first-order valence-corrected chi connectivity index (χ1v) is 8.27. The van der Waals surface area contributed by atoms with Crippen molar-refractivity contribution < 1.29 is 9.90 Å². The van der Waals surface area contributed by atoms with E-state index in [1.807, 2.05) is 12.1 Å². The monoisotopic (exact) mass is 304 g/mol. The lowest BCUT2D eigenvalue weighted by atomic mass is 9.89. The highest BCUT2D eigenvalue weighted by molar-refractivity contribution is 5.88. The number of carboxylic acids is 1. The standard InChI is InChI=1S/C21H20O2/c1-13(10-14-2-4-15(5-3-14)21(22)23)16-8-9-19-17-6-7-18(11-17)20(19)12-16/h2-5,8-10,12,17-18H,6-7,11H2,1H3,(H,22,23)/b13-10+. The Morgan fingerprint density at radius 2 is 1.65 bits per heavy atom. The van der Waals surface area contributed by atoms with Gasteiger partial charge >= 0.3 is 5.97 Å². The van der Waals surface area contributed by atoms with Gasteiger partial charge in [-0.15, -0.1) is 0 Å². The summed E-state index contributed by atoms with van der Waals surface area (Å²) in [5.74, 6) is 0.695. The molecule has 0 radical (unpaired) electrons. The number of fused-ring (bicyclic) bond motifs is 5. The minimum absolute atomic E-state index is 0.327. The summed E-state index contributed by atoms with van der Waals surface area (Å²) in [7, 11) is 0. The molecule has 0 spiro atoms. The maximum atomic E-state index is 10.9. The largest absolute Gasteiger partial charge is 0.478 e. The summed E-state index contributed by atoms with van der Waals surface area (Å²) in [5.41, 5.74) is 7.00. The summed E-state index contributed by atoms with van der Waals surface area (Å²) >= 11 is 0. The van der Waals surface area contributed by atoms with Crippen LogP contribution in [0.2, 0.25) is 0 Å². The Kier molecular flexibility index (Phi) is 3.33. The predicted molar refractivity (Wildman–Crippen MR) is 92.7 cm³/mol. The molecule has 2 bridgehead atoms. The quantitative estimate of drug-likeness (QED) is 0.780. The van der Waals surface area contributed by atoms with Crippen molar-refractivity contribution in [3.8, 4) is 0 Å². The van der Waals surface area contributed by atoms with E-state index in [1.165, 1.54) is 30.4 Å². The van der Waals surface area contributed by atoms with Gasteiger partial charge in [-0.25, -0.2) is 4.79 Å². The van der Waals surface area contributed by atoms with E-state index in [2.05, 4.69) is 31.2 Å². The van der Waals surface area contributed by atoms with Gasteiger partial charge in [-0.3, -0.25) is 0 Å². The Bertz CT molecular complexity index is 799. The molecule has 2 heteroatoms. The van der Waals surface area contributed by atoms with Crippen LogP contribution in [-0.2, 0) is 0 Å². The van der Waals surface area contributed by atoms with Crippen LogP contribution in [0.15, 0.2) is 42.5 Å². The fraction of sp³-hybridized carbons (Fsp3) is 0.286. The van der Waals surface area contributed by atoms with Gasteiger partial charge in [0.15, 0.2) is 0 Å². The number of carbonyl (C=O) groups is 1. The highest BCUT2D eigenvalue weighted by Crippen LogP contribution is 2.53. The van der Waals surface area contributed by atoms with Crippen LogP contribution < -0.4 is 0 Å². The van der Waals surface area contributed by atoms with Crippen LogP contribution in [0.1, 0.15) is 70.6 Å². The van der Waals surface area contributed by atoms with E-state index in [1.54, 1.807) is 23.3 Å². The van der Waals surface area contributed by atoms with Gasteiger partial charge in [0.05, 0.1) is 5.56 Å². The van der Waals surface area contributed by atoms with E-state index in [0.29, 0.717) is 5.56 Å². The summed E-state index contributed by atoms with van der Waals surface area (Å²) in [6.07, 6.45) is 6.18. The molecule has 2 nitrogen and oxygen atoms in total. The van der Waals surface area contributed by atoms with Crippen LogP contribution in [0.3, 0.4) is 0 Å². The summed E-state index contributed by atoms with van der Waals surface area (Å²) in [6, 6.07) is 14.0. The van der Waals surface area contributed by atoms with Gasteiger partial charge < -0.3 is 5.11 Å². The smallest absolute Gasteiger partial charge is 0.335 e. The molecule has 2 aromatic rings. The van der Waals surface area contributed by atoms with Crippen LogP contribution in [0.4, 0.5) is 0 Å². The zero-order valence-corrected chi connectivity index (χ0v) is 13.3. The van der Waals surface area contributed by atoms with Gasteiger partial charge in [0.25, 0.3) is 0 Å². The van der Waals surface area contributed by atoms with E-state index < -0.39 is 5.97 Å². The average molecular weight is 304 g/mol.